The molecule has 2 rings (SSSR count). The summed E-state index contributed by atoms with van der Waals surface area (Å²) in [5, 5.41) is 2.99. The normalized spacial score (nSPS) is 17.6. The summed E-state index contributed by atoms with van der Waals surface area (Å²) in [5.41, 5.74) is 0.993. The predicted molar refractivity (Wildman–Crippen MR) is 102 cm³/mol. The zero-order valence-corrected chi connectivity index (χ0v) is 17.1. The Morgan fingerprint density at radius 1 is 1.15 bits per heavy atom. The van der Waals surface area contributed by atoms with Gasteiger partial charge in [0.15, 0.2) is 0 Å². The monoisotopic (exact) mass is 429 g/mol. The molecule has 1 aliphatic rings. The van der Waals surface area contributed by atoms with Gasteiger partial charge in [-0.05, 0) is 30.0 Å². The van der Waals surface area contributed by atoms with Crippen molar-refractivity contribution in [3.05, 3.63) is 29.8 Å². The van der Waals surface area contributed by atoms with E-state index in [0.717, 1.165) is 12.0 Å². The highest BCUT2D eigenvalue weighted by Gasteiger charge is 2.44. The molecule has 1 aromatic rings. The minimum atomic E-state index is -4.50. The molecule has 1 unspecified atom stereocenters. The van der Waals surface area contributed by atoms with E-state index in [4.69, 9.17) is 0 Å². The predicted octanol–water partition coefficient (Wildman–Crippen LogP) is 2.42. The van der Waals surface area contributed by atoms with E-state index in [1.807, 2.05) is 0 Å². The summed E-state index contributed by atoms with van der Waals surface area (Å²) >= 11 is 0. The van der Waals surface area contributed by atoms with Crippen LogP contribution in [0, 0.1) is 5.92 Å². The molecule has 0 bridgehead atoms. The third-order valence-corrected chi connectivity index (χ3v) is 5.75. The van der Waals surface area contributed by atoms with Gasteiger partial charge in [-0.2, -0.15) is 13.2 Å². The van der Waals surface area contributed by atoms with Crippen molar-refractivity contribution in [3.63, 3.8) is 0 Å². The molecule has 1 heterocycles. The highest BCUT2D eigenvalue weighted by Crippen LogP contribution is 2.25. The van der Waals surface area contributed by atoms with E-state index in [1.165, 1.54) is 17.0 Å². The topological polar surface area (TPSA) is 61.4 Å². The third-order valence-electron chi connectivity index (χ3n) is 4.31. The van der Waals surface area contributed by atoms with Crippen molar-refractivity contribution in [3.8, 4) is 0 Å². The number of hydrogen-bond acceptors (Lipinski definition) is 4. The summed E-state index contributed by atoms with van der Waals surface area (Å²) in [5.74, 6) is 0.433. The maximum Gasteiger partial charge on any atom is 0.405 e. The Labute approximate surface area is 165 Å². The van der Waals surface area contributed by atoms with E-state index in [2.05, 4.69) is 23.9 Å². The van der Waals surface area contributed by atoms with Crippen molar-refractivity contribution < 1.29 is 21.6 Å². The van der Waals surface area contributed by atoms with Crippen molar-refractivity contribution in [2.24, 2.45) is 5.92 Å². The molecule has 10 heteroatoms. The number of nitrogens with zero attached hydrogens (tertiary/aromatic N) is 1. The number of piperazine rings is 1. The van der Waals surface area contributed by atoms with Gasteiger partial charge in [0.25, 0.3) is 0 Å². The number of alkyl halides is 3. The van der Waals surface area contributed by atoms with Gasteiger partial charge >= 0.3 is 6.18 Å². The van der Waals surface area contributed by atoms with E-state index in [9.17, 15) is 21.6 Å². The van der Waals surface area contributed by atoms with E-state index in [1.54, 1.807) is 12.1 Å². The number of hydrogen-bond donors (Lipinski definition) is 2. The molecule has 0 amide bonds. The lowest BCUT2D eigenvalue weighted by Crippen LogP contribution is -2.57. The van der Waals surface area contributed by atoms with Crippen molar-refractivity contribution in [2.75, 3.05) is 32.7 Å². The van der Waals surface area contributed by atoms with Gasteiger partial charge in [0.1, 0.15) is 6.04 Å². The molecule has 0 spiro atoms. The van der Waals surface area contributed by atoms with E-state index >= 15 is 0 Å². The van der Waals surface area contributed by atoms with Crippen LogP contribution in [-0.2, 0) is 16.4 Å². The molecule has 27 heavy (non-hydrogen) atoms. The van der Waals surface area contributed by atoms with E-state index in [0.29, 0.717) is 19.0 Å². The molecular weight excluding hydrogens is 403 g/mol. The van der Waals surface area contributed by atoms with Crippen LogP contribution < -0.4 is 10.0 Å². The maximum atomic E-state index is 13.4. The Morgan fingerprint density at radius 3 is 2.19 bits per heavy atom. The fraction of sp³-hybridized carbons (Fsp3) is 0.647. The van der Waals surface area contributed by atoms with Gasteiger partial charge in [-0.25, -0.2) is 13.1 Å². The Hall–Kier alpha value is -0.870. The van der Waals surface area contributed by atoms with Crippen molar-refractivity contribution in [1.29, 1.82) is 0 Å². The van der Waals surface area contributed by atoms with Crippen LogP contribution in [0.15, 0.2) is 29.2 Å². The summed E-state index contributed by atoms with van der Waals surface area (Å²) in [7, 11) is -3.99. The number of benzene rings is 1. The first-order valence-corrected chi connectivity index (χ1v) is 10.2. The molecule has 156 valence electrons. The van der Waals surface area contributed by atoms with Crippen LogP contribution in [0.5, 0.6) is 0 Å². The summed E-state index contributed by atoms with van der Waals surface area (Å²) < 4.78 is 66.9. The van der Waals surface area contributed by atoms with Crippen molar-refractivity contribution in [1.82, 2.24) is 14.9 Å². The van der Waals surface area contributed by atoms with Crippen LogP contribution in [0.25, 0.3) is 0 Å². The average Bonchev–Trinajstić information content (AvgIpc) is 2.54. The first kappa shape index (κ1) is 24.2. The molecule has 1 saturated heterocycles. The Bertz CT molecular complexity index is 676. The molecule has 0 aromatic heterocycles. The molecule has 1 atom stereocenters. The van der Waals surface area contributed by atoms with Gasteiger partial charge < -0.3 is 5.32 Å². The minimum Gasteiger partial charge on any atom is -0.314 e. The van der Waals surface area contributed by atoms with Crippen LogP contribution in [-0.4, -0.2) is 58.3 Å². The lowest BCUT2D eigenvalue weighted by atomic mass is 10.0. The molecule has 0 aliphatic carbocycles. The number of rotatable bonds is 7. The zero-order valence-electron chi connectivity index (χ0n) is 15.4. The van der Waals surface area contributed by atoms with Crippen LogP contribution >= 0.6 is 12.4 Å². The van der Waals surface area contributed by atoms with Gasteiger partial charge in [-0.1, -0.05) is 26.0 Å². The second-order valence-corrected chi connectivity index (χ2v) is 8.70. The fourth-order valence-electron chi connectivity index (χ4n) is 2.99. The van der Waals surface area contributed by atoms with Gasteiger partial charge in [-0.3, -0.25) is 4.90 Å². The Morgan fingerprint density at radius 2 is 1.70 bits per heavy atom. The van der Waals surface area contributed by atoms with Gasteiger partial charge in [0, 0.05) is 32.7 Å². The molecule has 0 saturated carbocycles. The summed E-state index contributed by atoms with van der Waals surface area (Å²) in [6, 6.07) is 4.44. The molecule has 2 N–H and O–H groups in total. The largest absolute Gasteiger partial charge is 0.405 e. The lowest BCUT2D eigenvalue weighted by Gasteiger charge is -2.35. The van der Waals surface area contributed by atoms with Crippen LogP contribution in [0.1, 0.15) is 19.4 Å². The molecule has 0 radical (unpaired) electrons. The SMILES string of the molecule is CC(C)Cc1ccc(S(=O)(=O)NCC(N2CCNCC2)C(F)(F)F)cc1.Cl. The molecule has 1 fully saturated rings. The van der Waals surface area contributed by atoms with Gasteiger partial charge in [0.05, 0.1) is 4.90 Å². The van der Waals surface area contributed by atoms with E-state index in [-0.39, 0.29) is 30.4 Å². The average molecular weight is 430 g/mol. The quantitative estimate of drug-likeness (QED) is 0.698. The highest BCUT2D eigenvalue weighted by molar-refractivity contribution is 7.89. The first-order valence-electron chi connectivity index (χ1n) is 8.69. The van der Waals surface area contributed by atoms with Crippen molar-refractivity contribution >= 4 is 22.4 Å². The number of nitrogens with one attached hydrogen (secondary N) is 2. The van der Waals surface area contributed by atoms with Crippen molar-refractivity contribution in [2.45, 2.75) is 37.4 Å². The smallest absolute Gasteiger partial charge is 0.314 e. The Kier molecular flexibility index (Phi) is 9.01. The summed E-state index contributed by atoms with van der Waals surface area (Å²) in [4.78, 5) is 1.25. The zero-order chi connectivity index (χ0) is 19.4. The second kappa shape index (κ2) is 10.1. The first-order chi connectivity index (χ1) is 12.1. The molecule has 1 aliphatic heterocycles. The van der Waals surface area contributed by atoms with Gasteiger partial charge in [-0.15, -0.1) is 12.4 Å². The van der Waals surface area contributed by atoms with E-state index < -0.39 is 28.8 Å². The van der Waals surface area contributed by atoms with Crippen LogP contribution in [0.2, 0.25) is 0 Å². The minimum absolute atomic E-state index is 0. The maximum absolute atomic E-state index is 13.4. The van der Waals surface area contributed by atoms with Crippen LogP contribution in [0.4, 0.5) is 13.2 Å². The lowest BCUT2D eigenvalue weighted by molar-refractivity contribution is -0.182. The molecular formula is C17H27ClF3N3O2S. The third kappa shape index (κ3) is 7.23. The molecule has 5 nitrogen and oxygen atoms in total. The fourth-order valence-corrected chi connectivity index (χ4v) is 4.03. The number of halogens is 4. The summed E-state index contributed by atoms with van der Waals surface area (Å²) in [6.07, 6.45) is -3.69. The van der Waals surface area contributed by atoms with Gasteiger partial charge in [0.2, 0.25) is 10.0 Å². The standard InChI is InChI=1S/C17H26F3N3O2S.ClH/c1-13(2)11-14-3-5-15(6-4-14)26(24,25)22-12-16(17(18,19)20)23-9-7-21-8-10-23;/h3-6,13,16,21-22H,7-12H2,1-2H3;1H. The summed E-state index contributed by atoms with van der Waals surface area (Å²) in [6.45, 7) is 4.79. The van der Waals surface area contributed by atoms with Crippen LogP contribution in [0.3, 0.4) is 0 Å². The Balaban J connectivity index is 0.00000364. The highest BCUT2D eigenvalue weighted by atomic mass is 35.5. The molecule has 1 aromatic carbocycles. The second-order valence-electron chi connectivity index (χ2n) is 6.94. The number of sulfonamides is 1.